The van der Waals surface area contributed by atoms with E-state index in [1.165, 1.54) is 11.8 Å². The van der Waals surface area contributed by atoms with Crippen molar-refractivity contribution in [3.05, 3.63) is 58.8 Å². The fraction of sp³-hybridized carbons (Fsp3) is 0.348. The second kappa shape index (κ2) is 7.41. The van der Waals surface area contributed by atoms with Gasteiger partial charge in [-0.1, -0.05) is 36.1 Å². The highest BCUT2D eigenvalue weighted by atomic mass is 32.2. The van der Waals surface area contributed by atoms with E-state index in [0.717, 1.165) is 16.1 Å². The van der Waals surface area contributed by atoms with Crippen LogP contribution in [0.25, 0.3) is 0 Å². The van der Waals surface area contributed by atoms with Crippen molar-refractivity contribution < 1.29 is 14.3 Å². The molecule has 1 aromatic heterocycles. The van der Waals surface area contributed by atoms with Gasteiger partial charge in [0.05, 0.1) is 7.11 Å². The second-order valence-electron chi connectivity index (χ2n) is 8.21. The van der Waals surface area contributed by atoms with Gasteiger partial charge in [-0.2, -0.15) is 0 Å². The van der Waals surface area contributed by atoms with Gasteiger partial charge in [-0.05, 0) is 36.7 Å². The highest BCUT2D eigenvalue weighted by Crippen LogP contribution is 2.67. The Morgan fingerprint density at radius 3 is 2.72 bits per heavy atom. The normalized spacial score (nSPS) is 29.6. The molecule has 0 radical (unpaired) electrons. The molecule has 0 saturated carbocycles. The predicted molar refractivity (Wildman–Crippen MR) is 133 cm³/mol. The average Bonchev–Trinajstić information content (AvgIpc) is 3.51. The Balaban J connectivity index is 1.84. The van der Waals surface area contributed by atoms with Gasteiger partial charge in [0.1, 0.15) is 14.8 Å². The lowest BCUT2D eigenvalue weighted by Gasteiger charge is -2.42. The zero-order valence-electron chi connectivity index (χ0n) is 18.0. The van der Waals surface area contributed by atoms with Crippen LogP contribution in [0.5, 0.6) is 5.75 Å². The van der Waals surface area contributed by atoms with E-state index in [4.69, 9.17) is 17.0 Å². The average molecular weight is 486 g/mol. The summed E-state index contributed by atoms with van der Waals surface area (Å²) in [5.74, 6) is 0.196. The quantitative estimate of drug-likeness (QED) is 0.489. The minimum atomic E-state index is -1.21. The number of fused-ring (bicyclic) bond motifs is 3. The zero-order chi connectivity index (χ0) is 22.8. The van der Waals surface area contributed by atoms with Gasteiger partial charge in [0.2, 0.25) is 5.91 Å². The van der Waals surface area contributed by atoms with E-state index >= 15 is 0 Å². The van der Waals surface area contributed by atoms with Crippen molar-refractivity contribution in [1.29, 1.82) is 0 Å². The molecule has 2 saturated heterocycles. The number of benzene rings is 1. The van der Waals surface area contributed by atoms with E-state index in [2.05, 4.69) is 6.58 Å². The second-order valence-corrected chi connectivity index (χ2v) is 11.1. The molecule has 3 aliphatic rings. The minimum Gasteiger partial charge on any atom is -0.497 e. The molecule has 9 heteroatoms. The highest BCUT2D eigenvalue weighted by Gasteiger charge is 2.78. The number of thioether (sulfide) groups is 1. The number of likely N-dealkylation sites (tertiary alicyclic amines) is 1. The molecule has 3 unspecified atom stereocenters. The molecule has 6 nitrogen and oxygen atoms in total. The number of anilines is 1. The molecule has 0 aliphatic carbocycles. The molecule has 4 heterocycles. The lowest BCUT2D eigenvalue weighted by atomic mass is 9.73. The molecule has 1 aromatic carbocycles. The molecule has 3 atom stereocenters. The van der Waals surface area contributed by atoms with Gasteiger partial charge in [-0.25, -0.2) is 0 Å². The van der Waals surface area contributed by atoms with Crippen molar-refractivity contribution in [3.63, 3.8) is 0 Å². The first kappa shape index (κ1) is 21.6. The number of carbonyl (C=O) groups excluding carboxylic acids is 2. The van der Waals surface area contributed by atoms with Crippen molar-refractivity contribution in [1.82, 2.24) is 9.80 Å². The summed E-state index contributed by atoms with van der Waals surface area (Å²) in [5, 5.41) is 2.01. The van der Waals surface area contributed by atoms with E-state index in [1.54, 1.807) is 41.4 Å². The SMILES string of the molecule is C=CCN1C(=O)C2(SC1=S)C(c1cccs1)CN(C)C21C(=O)N(C)c2ccc(OC)cc21. The molecule has 32 heavy (non-hydrogen) atoms. The van der Waals surface area contributed by atoms with Gasteiger partial charge in [0.25, 0.3) is 5.91 Å². The van der Waals surface area contributed by atoms with E-state index in [1.807, 2.05) is 47.7 Å². The number of thiophene rings is 1. The Hall–Kier alpha value is -2.20. The fourth-order valence-electron chi connectivity index (χ4n) is 5.53. The first-order valence-corrected chi connectivity index (χ1v) is 12.3. The van der Waals surface area contributed by atoms with Gasteiger partial charge in [-0.15, -0.1) is 17.9 Å². The van der Waals surface area contributed by atoms with Gasteiger partial charge >= 0.3 is 0 Å². The van der Waals surface area contributed by atoms with Crippen molar-refractivity contribution in [3.8, 4) is 5.75 Å². The van der Waals surface area contributed by atoms with E-state index in [-0.39, 0.29) is 17.7 Å². The summed E-state index contributed by atoms with van der Waals surface area (Å²) in [5.41, 5.74) is 0.368. The molecule has 0 N–H and O–H groups in total. The predicted octanol–water partition coefficient (Wildman–Crippen LogP) is 3.44. The first-order chi connectivity index (χ1) is 15.3. The summed E-state index contributed by atoms with van der Waals surface area (Å²) >= 11 is 8.67. The van der Waals surface area contributed by atoms with E-state index < -0.39 is 10.3 Å². The monoisotopic (exact) mass is 485 g/mol. The lowest BCUT2D eigenvalue weighted by molar-refractivity contribution is -0.138. The lowest BCUT2D eigenvalue weighted by Crippen LogP contribution is -2.62. The molecule has 2 amide bonds. The number of nitrogens with zero attached hydrogens (tertiary/aromatic N) is 3. The van der Waals surface area contributed by atoms with Gasteiger partial charge in [0, 0.05) is 42.2 Å². The van der Waals surface area contributed by atoms with Crippen LogP contribution in [-0.4, -0.2) is 65.0 Å². The largest absolute Gasteiger partial charge is 0.497 e. The molecular formula is C23H23N3O3S3. The van der Waals surface area contributed by atoms with E-state index in [0.29, 0.717) is 23.2 Å². The van der Waals surface area contributed by atoms with E-state index in [9.17, 15) is 9.59 Å². The minimum absolute atomic E-state index is 0.119. The van der Waals surface area contributed by atoms with Crippen LogP contribution in [0.3, 0.4) is 0 Å². The highest BCUT2D eigenvalue weighted by molar-refractivity contribution is 8.25. The summed E-state index contributed by atoms with van der Waals surface area (Å²) in [6.45, 7) is 4.68. The number of hydrogen-bond donors (Lipinski definition) is 0. The van der Waals surface area contributed by atoms with Crippen molar-refractivity contribution >= 4 is 57.1 Å². The van der Waals surface area contributed by atoms with Crippen LogP contribution in [0.4, 0.5) is 5.69 Å². The number of likely N-dealkylation sites (N-methyl/N-ethyl adjacent to an activating group) is 2. The number of amides is 2. The van der Waals surface area contributed by atoms with Crippen LogP contribution in [0.2, 0.25) is 0 Å². The molecule has 3 aliphatic heterocycles. The maximum Gasteiger partial charge on any atom is 0.254 e. The Morgan fingerprint density at radius 1 is 1.28 bits per heavy atom. The number of ether oxygens (including phenoxy) is 1. The summed E-state index contributed by atoms with van der Waals surface area (Å²) in [6, 6.07) is 9.68. The van der Waals surface area contributed by atoms with Crippen LogP contribution < -0.4 is 9.64 Å². The molecule has 0 bridgehead atoms. The van der Waals surface area contributed by atoms with Crippen LogP contribution in [-0.2, 0) is 15.1 Å². The Kier molecular flexibility index (Phi) is 5.01. The number of hydrogen-bond acceptors (Lipinski definition) is 7. The number of rotatable bonds is 4. The Morgan fingerprint density at radius 2 is 2.06 bits per heavy atom. The van der Waals surface area contributed by atoms with Crippen molar-refractivity contribution in [2.75, 3.05) is 39.2 Å². The van der Waals surface area contributed by atoms with Crippen LogP contribution in [0.1, 0.15) is 16.4 Å². The van der Waals surface area contributed by atoms with Crippen LogP contribution >= 0.6 is 35.3 Å². The van der Waals surface area contributed by atoms with Crippen LogP contribution in [0.15, 0.2) is 48.4 Å². The molecule has 2 aromatic rings. The van der Waals surface area contributed by atoms with Gasteiger partial charge in [0.15, 0.2) is 5.54 Å². The molecule has 2 spiro atoms. The number of methoxy groups -OCH3 is 1. The van der Waals surface area contributed by atoms with Gasteiger partial charge < -0.3 is 9.64 Å². The summed E-state index contributed by atoms with van der Waals surface area (Å²) in [4.78, 5) is 34.9. The van der Waals surface area contributed by atoms with Crippen LogP contribution in [0, 0.1) is 0 Å². The third-order valence-corrected chi connectivity index (χ3v) is 9.78. The smallest absolute Gasteiger partial charge is 0.254 e. The summed E-state index contributed by atoms with van der Waals surface area (Å²) in [7, 11) is 5.31. The number of carbonyl (C=O) groups is 2. The third-order valence-electron chi connectivity index (χ3n) is 6.86. The maximum atomic E-state index is 14.3. The standard InChI is InChI=1S/C23H23N3O3S3/c1-5-10-26-20(28)23(32-21(26)30)16(18-7-6-11-31-18)13-24(2)22(23)15-12-14(29-4)8-9-17(15)25(3)19(22)27/h5-9,11-12,16H,1,10,13H2,2-4H3. The molecule has 2 fully saturated rings. The summed E-state index contributed by atoms with van der Waals surface area (Å²) in [6.07, 6.45) is 1.68. The third kappa shape index (κ3) is 2.42. The number of thiocarbonyl (C=S) groups is 1. The topological polar surface area (TPSA) is 53.1 Å². The molecule has 5 rings (SSSR count). The maximum absolute atomic E-state index is 14.3. The fourth-order valence-corrected chi connectivity index (χ4v) is 8.63. The molecular weight excluding hydrogens is 462 g/mol. The van der Waals surface area contributed by atoms with Gasteiger partial charge in [-0.3, -0.25) is 19.4 Å². The van der Waals surface area contributed by atoms with Crippen molar-refractivity contribution in [2.24, 2.45) is 0 Å². The first-order valence-electron chi connectivity index (χ1n) is 10.2. The van der Waals surface area contributed by atoms with Crippen molar-refractivity contribution in [2.45, 2.75) is 16.2 Å². The Labute approximate surface area is 200 Å². The Bertz CT molecular complexity index is 1150. The summed E-state index contributed by atoms with van der Waals surface area (Å²) < 4.78 is 4.87. The molecule has 166 valence electrons. The zero-order valence-corrected chi connectivity index (χ0v) is 20.5.